The number of unbranched alkanes of at least 4 members (excludes halogenated alkanes) is 1. The van der Waals surface area contributed by atoms with Crippen molar-refractivity contribution in [3.8, 4) is 0 Å². The molecule has 2 rings (SSSR count). The van der Waals surface area contributed by atoms with Gasteiger partial charge >= 0.3 is 0 Å². The molecule has 4 heteroatoms. The van der Waals surface area contributed by atoms with Crippen molar-refractivity contribution in [2.24, 2.45) is 0 Å². The third-order valence-electron chi connectivity index (χ3n) is 3.30. The fourth-order valence-electron chi connectivity index (χ4n) is 2.05. The maximum Gasteiger partial charge on any atom is 0.229 e. The van der Waals surface area contributed by atoms with Crippen LogP contribution in [0.4, 0.5) is 5.82 Å². The van der Waals surface area contributed by atoms with Crippen LogP contribution in [-0.4, -0.2) is 16.1 Å². The van der Waals surface area contributed by atoms with Crippen molar-refractivity contribution in [1.82, 2.24) is 10.2 Å². The molecular formula is C16H21N3O. The summed E-state index contributed by atoms with van der Waals surface area (Å²) in [4.78, 5) is 11.9. The van der Waals surface area contributed by atoms with E-state index in [1.54, 1.807) is 6.20 Å². The Morgan fingerprint density at radius 3 is 2.55 bits per heavy atom. The molecule has 0 saturated carbocycles. The van der Waals surface area contributed by atoms with Crippen LogP contribution in [-0.2, 0) is 17.6 Å². The van der Waals surface area contributed by atoms with Gasteiger partial charge in [0.2, 0.25) is 5.91 Å². The van der Waals surface area contributed by atoms with Crippen LogP contribution in [0.15, 0.2) is 30.5 Å². The summed E-state index contributed by atoms with van der Waals surface area (Å²) < 4.78 is 0. The van der Waals surface area contributed by atoms with Crippen LogP contribution in [0.5, 0.6) is 0 Å². The zero-order valence-electron chi connectivity index (χ0n) is 12.1. The average molecular weight is 271 g/mol. The Hall–Kier alpha value is -2.10. The number of amides is 1. The van der Waals surface area contributed by atoms with Crippen molar-refractivity contribution in [2.75, 3.05) is 5.32 Å². The number of aromatic amines is 1. The van der Waals surface area contributed by atoms with Gasteiger partial charge in [0.25, 0.3) is 0 Å². The third kappa shape index (κ3) is 3.95. The Morgan fingerprint density at radius 1 is 1.25 bits per heavy atom. The monoisotopic (exact) mass is 271 g/mol. The molecule has 0 aliphatic heterocycles. The Balaban J connectivity index is 1.89. The molecule has 0 fully saturated rings. The second kappa shape index (κ2) is 6.89. The summed E-state index contributed by atoms with van der Waals surface area (Å²) in [7, 11) is 0. The van der Waals surface area contributed by atoms with Gasteiger partial charge in [-0.1, -0.05) is 37.6 Å². The molecule has 0 atom stereocenters. The molecule has 1 aromatic heterocycles. The van der Waals surface area contributed by atoms with E-state index in [1.807, 2.05) is 19.1 Å². The number of hydrogen-bond acceptors (Lipinski definition) is 2. The van der Waals surface area contributed by atoms with E-state index in [0.29, 0.717) is 12.2 Å². The van der Waals surface area contributed by atoms with Crippen LogP contribution in [0.2, 0.25) is 0 Å². The topological polar surface area (TPSA) is 57.8 Å². The predicted octanol–water partition coefficient (Wildman–Crippen LogP) is 3.24. The van der Waals surface area contributed by atoms with Crippen molar-refractivity contribution in [3.63, 3.8) is 0 Å². The lowest BCUT2D eigenvalue weighted by Crippen LogP contribution is -2.15. The zero-order chi connectivity index (χ0) is 14.4. The molecule has 20 heavy (non-hydrogen) atoms. The van der Waals surface area contributed by atoms with Crippen LogP contribution in [0, 0.1) is 6.92 Å². The minimum Gasteiger partial charge on any atom is -0.311 e. The Labute approximate surface area is 119 Å². The summed E-state index contributed by atoms with van der Waals surface area (Å²) in [6.07, 6.45) is 5.59. The van der Waals surface area contributed by atoms with Gasteiger partial charge in [-0.25, -0.2) is 0 Å². The molecule has 0 aliphatic carbocycles. The predicted molar refractivity (Wildman–Crippen MR) is 80.7 cm³/mol. The maximum atomic E-state index is 11.9. The summed E-state index contributed by atoms with van der Waals surface area (Å²) in [5, 5.41) is 9.49. The number of aryl methyl sites for hydroxylation is 2. The molecule has 2 N–H and O–H groups in total. The van der Waals surface area contributed by atoms with Gasteiger partial charge < -0.3 is 5.32 Å². The fourth-order valence-corrected chi connectivity index (χ4v) is 2.05. The Bertz CT molecular complexity index is 557. The molecule has 2 aromatic rings. The standard InChI is InChI=1S/C16H21N3O/c1-3-4-5-13-6-8-14(9-7-13)10-15(20)18-16-12(2)11-17-19-16/h6-9,11H,3-5,10H2,1-2H3,(H2,17,18,19,20). The number of rotatable bonds is 6. The minimum atomic E-state index is -0.0290. The third-order valence-corrected chi connectivity index (χ3v) is 3.30. The first-order valence-electron chi connectivity index (χ1n) is 7.06. The number of anilines is 1. The van der Waals surface area contributed by atoms with Crippen molar-refractivity contribution < 1.29 is 4.79 Å². The average Bonchev–Trinajstić information content (AvgIpc) is 2.83. The number of nitrogens with zero attached hydrogens (tertiary/aromatic N) is 1. The second-order valence-corrected chi connectivity index (χ2v) is 5.07. The van der Waals surface area contributed by atoms with Gasteiger partial charge in [-0.3, -0.25) is 9.89 Å². The van der Waals surface area contributed by atoms with Gasteiger partial charge in [-0.05, 0) is 30.9 Å². The lowest BCUT2D eigenvalue weighted by Gasteiger charge is -2.05. The molecule has 0 aliphatic rings. The number of H-pyrrole nitrogens is 1. The van der Waals surface area contributed by atoms with E-state index in [1.165, 1.54) is 18.4 Å². The molecule has 4 nitrogen and oxygen atoms in total. The Kier molecular flexibility index (Phi) is 4.93. The van der Waals surface area contributed by atoms with Crippen molar-refractivity contribution >= 4 is 11.7 Å². The summed E-state index contributed by atoms with van der Waals surface area (Å²) in [5.74, 6) is 0.647. The highest BCUT2D eigenvalue weighted by molar-refractivity contribution is 5.91. The van der Waals surface area contributed by atoms with Crippen LogP contribution in [0.25, 0.3) is 0 Å². The Morgan fingerprint density at radius 2 is 1.95 bits per heavy atom. The molecule has 0 spiro atoms. The van der Waals surface area contributed by atoms with Crippen molar-refractivity contribution in [2.45, 2.75) is 39.5 Å². The quantitative estimate of drug-likeness (QED) is 0.847. The van der Waals surface area contributed by atoms with E-state index in [9.17, 15) is 4.79 Å². The van der Waals surface area contributed by atoms with E-state index >= 15 is 0 Å². The van der Waals surface area contributed by atoms with Crippen LogP contribution < -0.4 is 5.32 Å². The molecule has 0 unspecified atom stereocenters. The molecular weight excluding hydrogens is 250 g/mol. The molecule has 0 bridgehead atoms. The van der Waals surface area contributed by atoms with E-state index in [4.69, 9.17) is 0 Å². The summed E-state index contributed by atoms with van der Waals surface area (Å²) in [6, 6.07) is 8.29. The number of benzene rings is 1. The number of aromatic nitrogens is 2. The van der Waals surface area contributed by atoms with Crippen molar-refractivity contribution in [3.05, 3.63) is 47.2 Å². The smallest absolute Gasteiger partial charge is 0.229 e. The fraction of sp³-hybridized carbons (Fsp3) is 0.375. The highest BCUT2D eigenvalue weighted by atomic mass is 16.1. The molecule has 0 radical (unpaired) electrons. The van der Waals surface area contributed by atoms with Crippen LogP contribution in [0.1, 0.15) is 36.5 Å². The second-order valence-electron chi connectivity index (χ2n) is 5.07. The van der Waals surface area contributed by atoms with E-state index in [-0.39, 0.29) is 5.91 Å². The lowest BCUT2D eigenvalue weighted by atomic mass is 10.0. The number of carbonyl (C=O) groups is 1. The maximum absolute atomic E-state index is 11.9. The molecule has 0 saturated heterocycles. The zero-order valence-corrected chi connectivity index (χ0v) is 12.1. The SMILES string of the molecule is CCCCc1ccc(CC(=O)Nc2[nH]ncc2C)cc1. The van der Waals surface area contributed by atoms with Crippen LogP contribution in [0.3, 0.4) is 0 Å². The number of nitrogens with one attached hydrogen (secondary N) is 2. The van der Waals surface area contributed by atoms with Gasteiger partial charge in [-0.15, -0.1) is 0 Å². The van der Waals surface area contributed by atoms with E-state index in [2.05, 4.69) is 34.6 Å². The normalized spacial score (nSPS) is 10.5. The number of hydrogen-bond donors (Lipinski definition) is 2. The minimum absolute atomic E-state index is 0.0290. The van der Waals surface area contributed by atoms with Gasteiger partial charge in [0.1, 0.15) is 5.82 Å². The van der Waals surface area contributed by atoms with Gasteiger partial charge in [0.05, 0.1) is 12.6 Å². The summed E-state index contributed by atoms with van der Waals surface area (Å²) in [5.41, 5.74) is 3.30. The first-order valence-corrected chi connectivity index (χ1v) is 7.06. The van der Waals surface area contributed by atoms with E-state index in [0.717, 1.165) is 17.5 Å². The van der Waals surface area contributed by atoms with E-state index < -0.39 is 0 Å². The number of carbonyl (C=O) groups excluding carboxylic acids is 1. The first kappa shape index (κ1) is 14.3. The molecule has 1 heterocycles. The van der Waals surface area contributed by atoms with Gasteiger partial charge in [0.15, 0.2) is 0 Å². The molecule has 1 aromatic carbocycles. The van der Waals surface area contributed by atoms with Gasteiger partial charge in [0, 0.05) is 5.56 Å². The summed E-state index contributed by atoms with van der Waals surface area (Å²) >= 11 is 0. The molecule has 106 valence electrons. The molecule has 1 amide bonds. The van der Waals surface area contributed by atoms with Gasteiger partial charge in [-0.2, -0.15) is 5.10 Å². The summed E-state index contributed by atoms with van der Waals surface area (Å²) in [6.45, 7) is 4.10. The first-order chi connectivity index (χ1) is 9.69. The van der Waals surface area contributed by atoms with Crippen molar-refractivity contribution in [1.29, 1.82) is 0 Å². The largest absolute Gasteiger partial charge is 0.311 e. The lowest BCUT2D eigenvalue weighted by molar-refractivity contribution is -0.115. The highest BCUT2D eigenvalue weighted by Gasteiger charge is 2.07. The van der Waals surface area contributed by atoms with Crippen LogP contribution >= 0.6 is 0 Å². The highest BCUT2D eigenvalue weighted by Crippen LogP contribution is 2.11.